The molecule has 0 fully saturated rings. The van der Waals surface area contributed by atoms with Crippen LogP contribution in [-0.4, -0.2) is 46.5 Å². The molecule has 0 amide bonds. The Labute approximate surface area is 122 Å². The molecule has 20 heavy (non-hydrogen) atoms. The molecule has 0 heterocycles. The summed E-state index contributed by atoms with van der Waals surface area (Å²) in [7, 11) is -0.304. The molecule has 6 heteroatoms. The van der Waals surface area contributed by atoms with Crippen molar-refractivity contribution in [3.8, 4) is 0 Å². The molecule has 0 aliphatic rings. The third kappa shape index (κ3) is 4.19. The molecule has 0 aliphatic heterocycles. The number of rotatable bonds is 7. The fourth-order valence-corrected chi connectivity index (χ4v) is 2.86. The lowest BCUT2D eigenvalue weighted by atomic mass is 10.2. The van der Waals surface area contributed by atoms with Crippen LogP contribution in [-0.2, 0) is 10.0 Å². The molecule has 0 saturated heterocycles. The molecule has 0 atom stereocenters. The molecule has 0 spiro atoms. The van der Waals surface area contributed by atoms with E-state index in [1.54, 1.807) is 12.1 Å². The third-order valence-electron chi connectivity index (χ3n) is 2.96. The number of hydrogen-bond acceptors (Lipinski definition) is 4. The summed E-state index contributed by atoms with van der Waals surface area (Å²) in [6.07, 6.45) is 0. The highest BCUT2D eigenvalue weighted by molar-refractivity contribution is 7.89. The number of nitrogens with two attached hydrogens (primary N) is 1. The van der Waals surface area contributed by atoms with Gasteiger partial charge in [0.25, 0.3) is 0 Å². The molecule has 5 nitrogen and oxygen atoms in total. The molecule has 0 bridgehead atoms. The summed E-state index contributed by atoms with van der Waals surface area (Å²) in [4.78, 5) is 2.49. The molecule has 114 valence electrons. The highest BCUT2D eigenvalue weighted by atomic mass is 32.2. The van der Waals surface area contributed by atoms with Crippen molar-refractivity contribution in [3.63, 3.8) is 0 Å². The van der Waals surface area contributed by atoms with Gasteiger partial charge in [0.2, 0.25) is 10.0 Å². The van der Waals surface area contributed by atoms with Crippen LogP contribution >= 0.6 is 0 Å². The van der Waals surface area contributed by atoms with Crippen molar-refractivity contribution in [1.82, 2.24) is 4.31 Å². The van der Waals surface area contributed by atoms with Gasteiger partial charge in [0.1, 0.15) is 0 Å². The lowest BCUT2D eigenvalue weighted by Gasteiger charge is -2.26. The zero-order chi connectivity index (χ0) is 15.3. The summed E-state index contributed by atoms with van der Waals surface area (Å²) in [5, 5.41) is 0. The predicted molar refractivity (Wildman–Crippen MR) is 83.4 cm³/mol. The van der Waals surface area contributed by atoms with E-state index in [0.717, 1.165) is 18.8 Å². The number of sulfonamides is 1. The van der Waals surface area contributed by atoms with E-state index in [0.29, 0.717) is 17.4 Å². The lowest BCUT2D eigenvalue weighted by Crippen LogP contribution is -2.32. The first-order valence-corrected chi connectivity index (χ1v) is 8.20. The molecule has 1 aromatic rings. The first-order chi connectivity index (χ1) is 9.28. The van der Waals surface area contributed by atoms with Crippen LogP contribution in [0.2, 0.25) is 0 Å². The summed E-state index contributed by atoms with van der Waals surface area (Å²) in [6, 6.07) is 6.98. The van der Waals surface area contributed by atoms with Crippen LogP contribution in [0.15, 0.2) is 29.2 Å². The Morgan fingerprint density at radius 2 is 1.70 bits per heavy atom. The molecular formula is C14H25N3O2S. The van der Waals surface area contributed by atoms with Crippen LogP contribution in [0, 0.1) is 5.92 Å². The van der Waals surface area contributed by atoms with Crippen molar-refractivity contribution < 1.29 is 8.42 Å². The summed E-state index contributed by atoms with van der Waals surface area (Å²) in [5.41, 5.74) is 6.64. The van der Waals surface area contributed by atoms with E-state index < -0.39 is 10.0 Å². The maximum atomic E-state index is 12.0. The Bertz CT molecular complexity index is 510. The van der Waals surface area contributed by atoms with Crippen molar-refractivity contribution >= 4 is 15.7 Å². The van der Waals surface area contributed by atoms with Gasteiger partial charge in [0, 0.05) is 39.4 Å². The first-order valence-electron chi connectivity index (χ1n) is 6.76. The molecular weight excluding hydrogens is 274 g/mol. The zero-order valence-electron chi connectivity index (χ0n) is 12.7. The monoisotopic (exact) mass is 299 g/mol. The van der Waals surface area contributed by atoms with Gasteiger partial charge in [-0.1, -0.05) is 13.8 Å². The number of benzene rings is 1. The number of nitrogens with zero attached hydrogens (tertiary/aromatic N) is 2. The highest BCUT2D eigenvalue weighted by Crippen LogP contribution is 2.20. The van der Waals surface area contributed by atoms with Crippen molar-refractivity contribution in [2.45, 2.75) is 18.7 Å². The SMILES string of the molecule is CC(C)CN(CCN)c1ccc(S(=O)(=O)N(C)C)cc1. The quantitative estimate of drug-likeness (QED) is 0.825. The van der Waals surface area contributed by atoms with Crippen molar-refractivity contribution in [3.05, 3.63) is 24.3 Å². The van der Waals surface area contributed by atoms with Gasteiger partial charge in [-0.05, 0) is 30.2 Å². The highest BCUT2D eigenvalue weighted by Gasteiger charge is 2.17. The summed E-state index contributed by atoms with van der Waals surface area (Å²) in [6.45, 7) is 6.53. The Morgan fingerprint density at radius 3 is 2.10 bits per heavy atom. The van der Waals surface area contributed by atoms with Crippen LogP contribution in [0.3, 0.4) is 0 Å². The van der Waals surface area contributed by atoms with Gasteiger partial charge in [0.05, 0.1) is 4.90 Å². The van der Waals surface area contributed by atoms with Gasteiger partial charge in [-0.2, -0.15) is 0 Å². The van der Waals surface area contributed by atoms with Gasteiger partial charge in [-0.3, -0.25) is 0 Å². The van der Waals surface area contributed by atoms with E-state index in [1.807, 2.05) is 12.1 Å². The summed E-state index contributed by atoms with van der Waals surface area (Å²) in [5.74, 6) is 0.520. The Hall–Kier alpha value is -1.11. The topological polar surface area (TPSA) is 66.6 Å². The van der Waals surface area contributed by atoms with Crippen molar-refractivity contribution in [2.24, 2.45) is 11.7 Å². The van der Waals surface area contributed by atoms with Crippen LogP contribution in [0.25, 0.3) is 0 Å². The van der Waals surface area contributed by atoms with Gasteiger partial charge in [-0.25, -0.2) is 12.7 Å². The summed E-state index contributed by atoms with van der Waals surface area (Å²) < 4.78 is 25.2. The Kier molecular flexibility index (Phi) is 5.98. The smallest absolute Gasteiger partial charge is 0.242 e. The molecule has 2 N–H and O–H groups in total. The number of hydrogen-bond donors (Lipinski definition) is 1. The molecule has 0 aromatic heterocycles. The minimum absolute atomic E-state index is 0.309. The molecule has 0 aliphatic carbocycles. The third-order valence-corrected chi connectivity index (χ3v) is 4.79. The zero-order valence-corrected chi connectivity index (χ0v) is 13.5. The van der Waals surface area contributed by atoms with E-state index in [4.69, 9.17) is 5.73 Å². The minimum atomic E-state index is -3.36. The fraction of sp³-hybridized carbons (Fsp3) is 0.571. The van der Waals surface area contributed by atoms with E-state index in [9.17, 15) is 8.42 Å². The first kappa shape index (κ1) is 16.9. The van der Waals surface area contributed by atoms with Gasteiger partial charge in [-0.15, -0.1) is 0 Å². The van der Waals surface area contributed by atoms with Gasteiger partial charge < -0.3 is 10.6 Å². The second-order valence-electron chi connectivity index (χ2n) is 5.41. The van der Waals surface area contributed by atoms with E-state index >= 15 is 0 Å². The molecule has 0 saturated carbocycles. The van der Waals surface area contributed by atoms with Crippen LogP contribution < -0.4 is 10.6 Å². The van der Waals surface area contributed by atoms with Gasteiger partial charge in [0.15, 0.2) is 0 Å². The van der Waals surface area contributed by atoms with E-state index in [2.05, 4.69) is 18.7 Å². The largest absolute Gasteiger partial charge is 0.370 e. The maximum absolute atomic E-state index is 12.0. The summed E-state index contributed by atoms with van der Waals surface area (Å²) >= 11 is 0. The van der Waals surface area contributed by atoms with Crippen LogP contribution in [0.5, 0.6) is 0 Å². The van der Waals surface area contributed by atoms with Crippen molar-refractivity contribution in [2.75, 3.05) is 38.6 Å². The second kappa shape index (κ2) is 7.06. The van der Waals surface area contributed by atoms with Crippen LogP contribution in [0.1, 0.15) is 13.8 Å². The van der Waals surface area contributed by atoms with Gasteiger partial charge >= 0.3 is 0 Å². The number of anilines is 1. The lowest BCUT2D eigenvalue weighted by molar-refractivity contribution is 0.520. The average Bonchev–Trinajstić information content (AvgIpc) is 2.37. The molecule has 1 aromatic carbocycles. The van der Waals surface area contributed by atoms with E-state index in [1.165, 1.54) is 18.4 Å². The predicted octanol–water partition coefficient (Wildman–Crippen LogP) is 1.36. The normalized spacial score (nSPS) is 12.2. The molecule has 0 unspecified atom stereocenters. The maximum Gasteiger partial charge on any atom is 0.242 e. The van der Waals surface area contributed by atoms with Crippen LogP contribution in [0.4, 0.5) is 5.69 Å². The second-order valence-corrected chi connectivity index (χ2v) is 7.56. The molecule has 0 radical (unpaired) electrons. The molecule has 1 rings (SSSR count). The Morgan fingerprint density at radius 1 is 1.15 bits per heavy atom. The van der Waals surface area contributed by atoms with E-state index in [-0.39, 0.29) is 0 Å². The average molecular weight is 299 g/mol. The fourth-order valence-electron chi connectivity index (χ4n) is 1.96. The van der Waals surface area contributed by atoms with Crippen molar-refractivity contribution in [1.29, 1.82) is 0 Å². The minimum Gasteiger partial charge on any atom is -0.370 e. The standard InChI is InChI=1S/C14H25N3O2S/c1-12(2)11-17(10-9-15)13-5-7-14(8-6-13)20(18,19)16(3)4/h5-8,12H,9-11,15H2,1-4H3. The Balaban J connectivity index is 2.99.